The molecule has 1 aromatic heterocycles. The second-order valence-corrected chi connectivity index (χ2v) is 4.67. The number of hydrogen-bond acceptors (Lipinski definition) is 3. The van der Waals surface area contributed by atoms with Crippen molar-refractivity contribution in [2.75, 3.05) is 23.3 Å². The molecule has 2 aromatic rings. The summed E-state index contributed by atoms with van der Waals surface area (Å²) >= 11 is 3.47. The Balaban J connectivity index is 2.38. The number of fused-ring (bicyclic) bond motifs is 1. The van der Waals surface area contributed by atoms with Crippen LogP contribution in [0.5, 0.6) is 0 Å². The van der Waals surface area contributed by atoms with E-state index in [-0.39, 0.29) is 0 Å². The molecule has 0 aliphatic heterocycles. The molecule has 17 heavy (non-hydrogen) atoms. The summed E-state index contributed by atoms with van der Waals surface area (Å²) in [5, 5.41) is 11.7. The van der Waals surface area contributed by atoms with E-state index in [1.165, 1.54) is 5.39 Å². The number of hydrogen-bond donors (Lipinski definition) is 0. The van der Waals surface area contributed by atoms with E-state index in [0.717, 1.165) is 36.0 Å². The van der Waals surface area contributed by atoms with Crippen LogP contribution in [0.15, 0.2) is 30.5 Å². The lowest BCUT2D eigenvalue weighted by Gasteiger charge is -2.22. The van der Waals surface area contributed by atoms with Crippen LogP contribution < -0.4 is 4.90 Å². The molecule has 0 amide bonds. The summed E-state index contributed by atoms with van der Waals surface area (Å²) in [7, 11) is 0. The standard InChI is InChI=1S/C13H16BrN3/c1-2-17(9-5-8-14)13-12-7-4-3-6-11(12)10-15-16-13/h3-4,6-7,10H,2,5,8-9H2,1H3. The van der Waals surface area contributed by atoms with Gasteiger partial charge in [-0.1, -0.05) is 40.2 Å². The van der Waals surface area contributed by atoms with Crippen molar-refractivity contribution in [1.82, 2.24) is 10.2 Å². The van der Waals surface area contributed by atoms with Crippen molar-refractivity contribution in [2.24, 2.45) is 0 Å². The highest BCUT2D eigenvalue weighted by Crippen LogP contribution is 2.23. The smallest absolute Gasteiger partial charge is 0.159 e. The van der Waals surface area contributed by atoms with Crippen LogP contribution in [0.25, 0.3) is 10.8 Å². The van der Waals surface area contributed by atoms with Crippen molar-refractivity contribution in [3.05, 3.63) is 30.5 Å². The summed E-state index contributed by atoms with van der Waals surface area (Å²) < 4.78 is 0. The molecule has 1 aromatic carbocycles. The van der Waals surface area contributed by atoms with Gasteiger partial charge >= 0.3 is 0 Å². The zero-order valence-corrected chi connectivity index (χ0v) is 11.5. The van der Waals surface area contributed by atoms with Gasteiger partial charge in [0, 0.05) is 29.2 Å². The van der Waals surface area contributed by atoms with E-state index < -0.39 is 0 Å². The van der Waals surface area contributed by atoms with E-state index >= 15 is 0 Å². The van der Waals surface area contributed by atoms with Gasteiger partial charge in [-0.05, 0) is 13.3 Å². The Morgan fingerprint density at radius 1 is 1.29 bits per heavy atom. The molecular weight excluding hydrogens is 278 g/mol. The molecular formula is C13H16BrN3. The average Bonchev–Trinajstić information content (AvgIpc) is 2.40. The number of benzene rings is 1. The number of aromatic nitrogens is 2. The zero-order chi connectivity index (χ0) is 12.1. The Labute approximate surface area is 110 Å². The first-order chi connectivity index (χ1) is 8.36. The van der Waals surface area contributed by atoms with Crippen molar-refractivity contribution in [3.8, 4) is 0 Å². The van der Waals surface area contributed by atoms with Gasteiger partial charge in [-0.25, -0.2) is 0 Å². The molecule has 0 aliphatic carbocycles. The molecule has 0 saturated carbocycles. The monoisotopic (exact) mass is 293 g/mol. The zero-order valence-electron chi connectivity index (χ0n) is 9.93. The fourth-order valence-corrected chi connectivity index (χ4v) is 2.16. The van der Waals surface area contributed by atoms with Crippen molar-refractivity contribution in [3.63, 3.8) is 0 Å². The second-order valence-electron chi connectivity index (χ2n) is 3.88. The van der Waals surface area contributed by atoms with Crippen LogP contribution in [0.1, 0.15) is 13.3 Å². The number of rotatable bonds is 5. The summed E-state index contributed by atoms with van der Waals surface area (Å²) in [6.07, 6.45) is 2.93. The molecule has 1 heterocycles. The fraction of sp³-hybridized carbons (Fsp3) is 0.385. The van der Waals surface area contributed by atoms with Gasteiger partial charge in [0.2, 0.25) is 0 Å². The molecule has 90 valence electrons. The largest absolute Gasteiger partial charge is 0.355 e. The van der Waals surface area contributed by atoms with Gasteiger partial charge in [0.1, 0.15) is 0 Å². The van der Waals surface area contributed by atoms with E-state index in [0.29, 0.717) is 0 Å². The molecule has 3 nitrogen and oxygen atoms in total. The van der Waals surface area contributed by atoms with Gasteiger partial charge in [0.15, 0.2) is 5.82 Å². The van der Waals surface area contributed by atoms with E-state index in [9.17, 15) is 0 Å². The quantitative estimate of drug-likeness (QED) is 0.793. The summed E-state index contributed by atoms with van der Waals surface area (Å²) in [5.41, 5.74) is 0. The van der Waals surface area contributed by atoms with Gasteiger partial charge in [0.25, 0.3) is 0 Å². The highest BCUT2D eigenvalue weighted by Gasteiger charge is 2.09. The molecule has 0 fully saturated rings. The maximum Gasteiger partial charge on any atom is 0.159 e. The number of alkyl halides is 1. The summed E-state index contributed by atoms with van der Waals surface area (Å²) in [4.78, 5) is 2.27. The Bertz CT molecular complexity index is 482. The van der Waals surface area contributed by atoms with E-state index in [1.54, 1.807) is 0 Å². The van der Waals surface area contributed by atoms with E-state index in [4.69, 9.17) is 0 Å². The number of halogens is 1. The van der Waals surface area contributed by atoms with Crippen molar-refractivity contribution in [1.29, 1.82) is 0 Å². The summed E-state index contributed by atoms with van der Waals surface area (Å²) in [6.45, 7) is 4.11. The third-order valence-electron chi connectivity index (χ3n) is 2.79. The third kappa shape index (κ3) is 2.75. The molecule has 2 rings (SSSR count). The molecule has 0 saturated heterocycles. The van der Waals surface area contributed by atoms with Crippen LogP contribution in [0.2, 0.25) is 0 Å². The van der Waals surface area contributed by atoms with Crippen LogP contribution >= 0.6 is 15.9 Å². The molecule has 0 atom stereocenters. The maximum atomic E-state index is 4.29. The molecule has 0 N–H and O–H groups in total. The predicted molar refractivity (Wildman–Crippen MR) is 75.8 cm³/mol. The molecule has 0 radical (unpaired) electrons. The molecule has 4 heteroatoms. The first kappa shape index (κ1) is 12.3. The summed E-state index contributed by atoms with van der Waals surface area (Å²) in [5.74, 6) is 0.992. The van der Waals surface area contributed by atoms with E-state index in [1.807, 2.05) is 18.3 Å². The Hall–Kier alpha value is -1.16. The Kier molecular flexibility index (Phi) is 4.31. The van der Waals surface area contributed by atoms with Gasteiger partial charge in [-0.3, -0.25) is 0 Å². The van der Waals surface area contributed by atoms with E-state index in [2.05, 4.69) is 50.1 Å². The predicted octanol–water partition coefficient (Wildman–Crippen LogP) is 3.24. The second kappa shape index (κ2) is 5.96. The Morgan fingerprint density at radius 2 is 2.12 bits per heavy atom. The highest BCUT2D eigenvalue weighted by molar-refractivity contribution is 9.09. The lowest BCUT2D eigenvalue weighted by Crippen LogP contribution is -2.25. The Morgan fingerprint density at radius 3 is 2.88 bits per heavy atom. The lowest BCUT2D eigenvalue weighted by atomic mass is 10.2. The van der Waals surface area contributed by atoms with Crippen LogP contribution in [-0.2, 0) is 0 Å². The van der Waals surface area contributed by atoms with Crippen LogP contribution in [0.3, 0.4) is 0 Å². The molecule has 0 aliphatic rings. The number of nitrogens with zero attached hydrogens (tertiary/aromatic N) is 3. The minimum atomic E-state index is 0.954. The van der Waals surface area contributed by atoms with Gasteiger partial charge < -0.3 is 4.90 Å². The first-order valence-electron chi connectivity index (χ1n) is 5.88. The minimum Gasteiger partial charge on any atom is -0.355 e. The fourth-order valence-electron chi connectivity index (χ4n) is 1.91. The topological polar surface area (TPSA) is 29.0 Å². The van der Waals surface area contributed by atoms with Crippen molar-refractivity contribution >= 4 is 32.5 Å². The molecule has 0 bridgehead atoms. The van der Waals surface area contributed by atoms with Gasteiger partial charge in [-0.15, -0.1) is 5.10 Å². The van der Waals surface area contributed by atoms with Crippen molar-refractivity contribution in [2.45, 2.75) is 13.3 Å². The highest BCUT2D eigenvalue weighted by atomic mass is 79.9. The third-order valence-corrected chi connectivity index (χ3v) is 3.35. The summed E-state index contributed by atoms with van der Waals surface area (Å²) in [6, 6.07) is 8.26. The number of anilines is 1. The lowest BCUT2D eigenvalue weighted by molar-refractivity contribution is 0.778. The normalized spacial score (nSPS) is 10.7. The van der Waals surface area contributed by atoms with Crippen LogP contribution in [0.4, 0.5) is 5.82 Å². The van der Waals surface area contributed by atoms with Crippen molar-refractivity contribution < 1.29 is 0 Å². The van der Waals surface area contributed by atoms with Crippen LogP contribution in [-0.4, -0.2) is 28.6 Å². The van der Waals surface area contributed by atoms with Gasteiger partial charge in [0.05, 0.1) is 6.20 Å². The molecule has 0 unspecified atom stereocenters. The van der Waals surface area contributed by atoms with Crippen LogP contribution in [0, 0.1) is 0 Å². The first-order valence-corrected chi connectivity index (χ1v) is 7.00. The molecule has 0 spiro atoms. The SMILES string of the molecule is CCN(CCCBr)c1nncc2ccccc12. The maximum absolute atomic E-state index is 4.29. The van der Waals surface area contributed by atoms with Gasteiger partial charge in [-0.2, -0.15) is 5.10 Å². The average molecular weight is 294 g/mol. The minimum absolute atomic E-state index is 0.954.